The van der Waals surface area contributed by atoms with Crippen LogP contribution in [0.1, 0.15) is 29.5 Å². The van der Waals surface area contributed by atoms with Gasteiger partial charge in [0, 0.05) is 0 Å². The fraction of sp³-hybridized carbons (Fsp3) is 0.333. The van der Waals surface area contributed by atoms with Crippen molar-refractivity contribution in [1.29, 1.82) is 0 Å². The number of benzene rings is 1. The van der Waals surface area contributed by atoms with Gasteiger partial charge in [0.2, 0.25) is 0 Å². The summed E-state index contributed by atoms with van der Waals surface area (Å²) in [6.45, 7) is 2.77. The Morgan fingerprint density at radius 3 is 2.83 bits per heavy atom. The highest BCUT2D eigenvalue weighted by molar-refractivity contribution is 5.84. The summed E-state index contributed by atoms with van der Waals surface area (Å²) < 4.78 is 4.92. The van der Waals surface area contributed by atoms with E-state index >= 15 is 0 Å². The summed E-state index contributed by atoms with van der Waals surface area (Å²) in [4.78, 5) is 12.8. The number of rotatable bonds is 5. The van der Waals surface area contributed by atoms with Gasteiger partial charge >= 0.3 is 5.97 Å². The Kier molecular flexibility index (Phi) is 4.01. The molecule has 0 aliphatic heterocycles. The standard InChI is InChI=1S/C12H14N4O2/c1-2-8-18-12(17)11-13-15-16(14-11)9-10-6-4-3-5-7-10/h3-7H,2,8-9H2,1H3. The van der Waals surface area contributed by atoms with E-state index < -0.39 is 5.97 Å². The third-order valence-electron chi connectivity index (χ3n) is 2.24. The summed E-state index contributed by atoms with van der Waals surface area (Å²) in [6, 6.07) is 9.72. The third kappa shape index (κ3) is 3.13. The van der Waals surface area contributed by atoms with Crippen molar-refractivity contribution in [3.8, 4) is 0 Å². The minimum Gasteiger partial charge on any atom is -0.460 e. The first kappa shape index (κ1) is 12.2. The quantitative estimate of drug-likeness (QED) is 0.743. The molecule has 1 heterocycles. The molecule has 0 aliphatic rings. The number of hydrogen-bond donors (Lipinski definition) is 0. The molecule has 0 unspecified atom stereocenters. The van der Waals surface area contributed by atoms with Crippen LogP contribution in [0.15, 0.2) is 30.3 Å². The molecule has 6 nitrogen and oxygen atoms in total. The van der Waals surface area contributed by atoms with Crippen molar-refractivity contribution in [3.63, 3.8) is 0 Å². The van der Waals surface area contributed by atoms with Gasteiger partial charge in [0.25, 0.3) is 5.82 Å². The van der Waals surface area contributed by atoms with Gasteiger partial charge in [-0.05, 0) is 17.2 Å². The fourth-order valence-corrected chi connectivity index (χ4v) is 1.40. The molecule has 94 valence electrons. The van der Waals surface area contributed by atoms with Gasteiger partial charge in [-0.15, -0.1) is 10.2 Å². The zero-order valence-corrected chi connectivity index (χ0v) is 10.1. The molecule has 6 heteroatoms. The summed E-state index contributed by atoms with van der Waals surface area (Å²) in [5.41, 5.74) is 1.04. The number of nitrogens with zero attached hydrogens (tertiary/aromatic N) is 4. The van der Waals surface area contributed by atoms with Crippen LogP contribution in [-0.4, -0.2) is 32.8 Å². The highest BCUT2D eigenvalue weighted by Crippen LogP contribution is 2.00. The Balaban J connectivity index is 2.00. The number of hydrogen-bond acceptors (Lipinski definition) is 5. The zero-order chi connectivity index (χ0) is 12.8. The molecule has 0 saturated carbocycles. The van der Waals surface area contributed by atoms with Crippen LogP contribution in [-0.2, 0) is 11.3 Å². The fourth-order valence-electron chi connectivity index (χ4n) is 1.40. The van der Waals surface area contributed by atoms with Crippen LogP contribution in [0.25, 0.3) is 0 Å². The van der Waals surface area contributed by atoms with E-state index in [1.807, 2.05) is 37.3 Å². The van der Waals surface area contributed by atoms with Crippen LogP contribution in [0.2, 0.25) is 0 Å². The predicted octanol–water partition coefficient (Wildman–Crippen LogP) is 1.29. The Hall–Kier alpha value is -2.24. The number of carbonyl (C=O) groups excluding carboxylic acids is 1. The molecule has 0 atom stereocenters. The highest BCUT2D eigenvalue weighted by atomic mass is 16.5. The van der Waals surface area contributed by atoms with Gasteiger partial charge in [-0.25, -0.2) is 4.79 Å². The molecule has 1 aromatic heterocycles. The average molecular weight is 246 g/mol. The SMILES string of the molecule is CCCOC(=O)c1nnn(Cc2ccccc2)n1. The monoisotopic (exact) mass is 246 g/mol. The molecule has 1 aromatic carbocycles. The summed E-state index contributed by atoms with van der Waals surface area (Å²) in [7, 11) is 0. The van der Waals surface area contributed by atoms with Gasteiger partial charge in [0.05, 0.1) is 13.2 Å². The van der Waals surface area contributed by atoms with Crippen molar-refractivity contribution in [2.24, 2.45) is 0 Å². The maximum Gasteiger partial charge on any atom is 0.380 e. The van der Waals surface area contributed by atoms with Gasteiger partial charge < -0.3 is 4.74 Å². The second-order valence-corrected chi connectivity index (χ2v) is 3.76. The van der Waals surface area contributed by atoms with E-state index in [0.29, 0.717) is 13.2 Å². The lowest BCUT2D eigenvalue weighted by Crippen LogP contribution is -2.09. The van der Waals surface area contributed by atoms with Crippen molar-refractivity contribution >= 4 is 5.97 Å². The van der Waals surface area contributed by atoms with Gasteiger partial charge in [0.1, 0.15) is 0 Å². The summed E-state index contributed by atoms with van der Waals surface area (Å²) in [6.07, 6.45) is 0.768. The van der Waals surface area contributed by atoms with Crippen LogP contribution < -0.4 is 0 Å². The lowest BCUT2D eigenvalue weighted by atomic mass is 10.2. The Labute approximate surface area is 105 Å². The molecule has 0 N–H and O–H groups in total. The molecule has 0 spiro atoms. The normalized spacial score (nSPS) is 10.3. The predicted molar refractivity (Wildman–Crippen MR) is 63.9 cm³/mol. The molecule has 18 heavy (non-hydrogen) atoms. The highest BCUT2D eigenvalue weighted by Gasteiger charge is 2.13. The van der Waals surface area contributed by atoms with Crippen LogP contribution in [0.5, 0.6) is 0 Å². The summed E-state index contributed by atoms with van der Waals surface area (Å²) in [5, 5.41) is 11.5. The largest absolute Gasteiger partial charge is 0.460 e. The van der Waals surface area contributed by atoms with E-state index in [2.05, 4.69) is 15.4 Å². The third-order valence-corrected chi connectivity index (χ3v) is 2.24. The molecular weight excluding hydrogens is 232 g/mol. The second kappa shape index (κ2) is 5.90. The van der Waals surface area contributed by atoms with Crippen molar-refractivity contribution in [2.45, 2.75) is 19.9 Å². The van der Waals surface area contributed by atoms with Crippen molar-refractivity contribution < 1.29 is 9.53 Å². The first-order chi connectivity index (χ1) is 8.79. The van der Waals surface area contributed by atoms with E-state index in [1.54, 1.807) is 0 Å². The number of aromatic nitrogens is 4. The molecule has 2 aromatic rings. The van der Waals surface area contributed by atoms with E-state index in [0.717, 1.165) is 12.0 Å². The molecule has 0 saturated heterocycles. The number of ether oxygens (including phenoxy) is 1. The Morgan fingerprint density at radius 2 is 2.11 bits per heavy atom. The molecule has 0 fully saturated rings. The van der Waals surface area contributed by atoms with Gasteiger partial charge in [-0.2, -0.15) is 4.80 Å². The van der Waals surface area contributed by atoms with Gasteiger partial charge in [-0.1, -0.05) is 37.3 Å². The molecule has 2 rings (SSSR count). The Bertz CT molecular complexity index is 510. The van der Waals surface area contributed by atoms with Gasteiger partial charge in [0.15, 0.2) is 0 Å². The molecule has 0 radical (unpaired) electrons. The van der Waals surface area contributed by atoms with Crippen LogP contribution in [0, 0.1) is 0 Å². The van der Waals surface area contributed by atoms with Crippen molar-refractivity contribution in [3.05, 3.63) is 41.7 Å². The van der Waals surface area contributed by atoms with E-state index in [-0.39, 0.29) is 5.82 Å². The van der Waals surface area contributed by atoms with E-state index in [4.69, 9.17) is 4.74 Å². The maximum atomic E-state index is 11.5. The lowest BCUT2D eigenvalue weighted by molar-refractivity contribution is 0.0490. The number of esters is 1. The first-order valence-corrected chi connectivity index (χ1v) is 5.78. The molecule has 0 aliphatic carbocycles. The van der Waals surface area contributed by atoms with Crippen LogP contribution >= 0.6 is 0 Å². The molecular formula is C12H14N4O2. The summed E-state index contributed by atoms with van der Waals surface area (Å²) >= 11 is 0. The lowest BCUT2D eigenvalue weighted by Gasteiger charge is -1.98. The number of tetrazole rings is 1. The summed E-state index contributed by atoms with van der Waals surface area (Å²) in [5.74, 6) is -0.532. The minimum absolute atomic E-state index is 0.000573. The van der Waals surface area contributed by atoms with Crippen molar-refractivity contribution in [2.75, 3.05) is 6.61 Å². The average Bonchev–Trinajstić information content (AvgIpc) is 2.86. The maximum absolute atomic E-state index is 11.5. The van der Waals surface area contributed by atoms with Crippen LogP contribution in [0.3, 0.4) is 0 Å². The van der Waals surface area contributed by atoms with Crippen LogP contribution in [0.4, 0.5) is 0 Å². The smallest absolute Gasteiger partial charge is 0.380 e. The topological polar surface area (TPSA) is 69.9 Å². The number of carbonyl (C=O) groups is 1. The van der Waals surface area contributed by atoms with E-state index in [9.17, 15) is 4.79 Å². The molecule has 0 amide bonds. The zero-order valence-electron chi connectivity index (χ0n) is 10.1. The van der Waals surface area contributed by atoms with Crippen molar-refractivity contribution in [1.82, 2.24) is 20.2 Å². The van der Waals surface area contributed by atoms with Gasteiger partial charge in [-0.3, -0.25) is 0 Å². The first-order valence-electron chi connectivity index (χ1n) is 5.78. The second-order valence-electron chi connectivity index (χ2n) is 3.76. The molecule has 0 bridgehead atoms. The minimum atomic E-state index is -0.531. The van der Waals surface area contributed by atoms with E-state index in [1.165, 1.54) is 4.80 Å². The Morgan fingerprint density at radius 1 is 1.33 bits per heavy atom.